The van der Waals surface area contributed by atoms with Gasteiger partial charge in [0.1, 0.15) is 12.1 Å². The number of fused-ring (bicyclic) bond motifs is 1. The lowest BCUT2D eigenvalue weighted by Gasteiger charge is -2.31. The Kier molecular flexibility index (Phi) is 4.26. The van der Waals surface area contributed by atoms with E-state index < -0.39 is 0 Å². The topological polar surface area (TPSA) is 50.3 Å². The fraction of sp³-hybridized carbons (Fsp3) is 0.765. The lowest BCUT2D eigenvalue weighted by Crippen LogP contribution is -2.39. The van der Waals surface area contributed by atoms with Crippen molar-refractivity contribution in [1.82, 2.24) is 14.9 Å². The Morgan fingerprint density at radius 2 is 1.95 bits per heavy atom. The molecule has 4 rings (SSSR count). The summed E-state index contributed by atoms with van der Waals surface area (Å²) in [6, 6.07) is 1.25. The molecule has 5 heteroatoms. The number of ether oxygens (including phenoxy) is 1. The van der Waals surface area contributed by atoms with Crippen LogP contribution in [0.2, 0.25) is 0 Å². The van der Waals surface area contributed by atoms with E-state index in [4.69, 9.17) is 4.74 Å². The van der Waals surface area contributed by atoms with E-state index in [1.807, 2.05) is 0 Å². The molecule has 2 fully saturated rings. The van der Waals surface area contributed by atoms with Gasteiger partial charge in [-0.3, -0.25) is 4.90 Å². The molecule has 0 radical (unpaired) electrons. The van der Waals surface area contributed by atoms with Gasteiger partial charge in [0.2, 0.25) is 0 Å². The molecule has 0 saturated carbocycles. The summed E-state index contributed by atoms with van der Waals surface area (Å²) in [5.74, 6) is 1.10. The summed E-state index contributed by atoms with van der Waals surface area (Å²) in [7, 11) is 0. The third-order valence-corrected chi connectivity index (χ3v) is 5.39. The first-order valence-corrected chi connectivity index (χ1v) is 8.81. The lowest BCUT2D eigenvalue weighted by molar-refractivity contribution is 0.0421. The Morgan fingerprint density at radius 3 is 2.86 bits per heavy atom. The average molecular weight is 302 g/mol. The van der Waals surface area contributed by atoms with Crippen LogP contribution in [0, 0.1) is 0 Å². The summed E-state index contributed by atoms with van der Waals surface area (Å²) < 4.78 is 5.48. The molecule has 3 aliphatic rings. The lowest BCUT2D eigenvalue weighted by atomic mass is 9.96. The molecule has 0 spiro atoms. The Labute approximate surface area is 132 Å². The smallest absolute Gasteiger partial charge is 0.133 e. The predicted molar refractivity (Wildman–Crippen MR) is 86.1 cm³/mol. The zero-order valence-electron chi connectivity index (χ0n) is 13.3. The second-order valence-corrected chi connectivity index (χ2v) is 6.82. The third kappa shape index (κ3) is 2.97. The van der Waals surface area contributed by atoms with Crippen molar-refractivity contribution < 1.29 is 4.74 Å². The molecule has 3 heterocycles. The molecule has 1 atom stereocenters. The summed E-state index contributed by atoms with van der Waals surface area (Å²) in [6.45, 7) is 4.20. The molecule has 22 heavy (non-hydrogen) atoms. The van der Waals surface area contributed by atoms with E-state index in [-0.39, 0.29) is 0 Å². The summed E-state index contributed by atoms with van der Waals surface area (Å²) in [6.07, 6.45) is 10.1. The number of aryl methyl sites for hydroxylation is 1. The number of nitrogens with one attached hydrogen (secondary N) is 1. The van der Waals surface area contributed by atoms with E-state index in [2.05, 4.69) is 20.2 Å². The van der Waals surface area contributed by atoms with Crippen LogP contribution in [0.3, 0.4) is 0 Å². The minimum Gasteiger partial charge on any atom is -0.381 e. The zero-order valence-corrected chi connectivity index (χ0v) is 13.3. The second kappa shape index (κ2) is 6.50. The minimum absolute atomic E-state index is 0.531. The predicted octanol–water partition coefficient (Wildman–Crippen LogP) is 2.02. The number of anilines is 1. The van der Waals surface area contributed by atoms with Gasteiger partial charge in [0.25, 0.3) is 0 Å². The minimum atomic E-state index is 0.531. The largest absolute Gasteiger partial charge is 0.381 e. The van der Waals surface area contributed by atoms with Gasteiger partial charge in [-0.2, -0.15) is 0 Å². The molecule has 2 aliphatic heterocycles. The van der Waals surface area contributed by atoms with Gasteiger partial charge in [-0.05, 0) is 44.9 Å². The van der Waals surface area contributed by atoms with Crippen molar-refractivity contribution in [1.29, 1.82) is 0 Å². The Bertz CT molecular complexity index is 515. The third-order valence-electron chi connectivity index (χ3n) is 5.39. The van der Waals surface area contributed by atoms with Crippen molar-refractivity contribution in [3.05, 3.63) is 17.6 Å². The van der Waals surface area contributed by atoms with Gasteiger partial charge in [-0.15, -0.1) is 0 Å². The second-order valence-electron chi connectivity index (χ2n) is 6.82. The van der Waals surface area contributed by atoms with Crippen LogP contribution in [0.25, 0.3) is 0 Å². The molecule has 5 nitrogen and oxygen atoms in total. The summed E-state index contributed by atoms with van der Waals surface area (Å²) in [4.78, 5) is 11.6. The maximum Gasteiger partial charge on any atom is 0.133 e. The van der Waals surface area contributed by atoms with Crippen LogP contribution in [0.5, 0.6) is 0 Å². The molecule has 1 N–H and O–H groups in total. The maximum atomic E-state index is 5.48. The van der Waals surface area contributed by atoms with Crippen LogP contribution in [-0.2, 0) is 17.6 Å². The number of likely N-dealkylation sites (tertiary alicyclic amines) is 1. The van der Waals surface area contributed by atoms with Crippen LogP contribution in [0.1, 0.15) is 43.4 Å². The summed E-state index contributed by atoms with van der Waals surface area (Å²) in [5, 5.41) is 3.71. The first kappa shape index (κ1) is 14.4. The Morgan fingerprint density at radius 1 is 1.09 bits per heavy atom. The van der Waals surface area contributed by atoms with E-state index in [0.717, 1.165) is 44.5 Å². The van der Waals surface area contributed by atoms with Crippen LogP contribution in [0.15, 0.2) is 6.33 Å². The maximum absolute atomic E-state index is 5.48. The van der Waals surface area contributed by atoms with Gasteiger partial charge in [0.15, 0.2) is 0 Å². The Hall–Kier alpha value is -1.20. The molecule has 1 aromatic rings. The standard InChI is InChI=1S/C17H26N4O/c1-2-4-16-15(3-1)17(19-12-18-16)20-13-5-8-21(11-13)14-6-9-22-10-7-14/h12-14H,1-11H2,(H,18,19,20). The highest BCUT2D eigenvalue weighted by Crippen LogP contribution is 2.27. The van der Waals surface area contributed by atoms with Crippen molar-refractivity contribution in [2.75, 3.05) is 31.6 Å². The van der Waals surface area contributed by atoms with E-state index >= 15 is 0 Å². The van der Waals surface area contributed by atoms with Crippen LogP contribution < -0.4 is 5.32 Å². The Balaban J connectivity index is 1.40. The molecular weight excluding hydrogens is 276 g/mol. The zero-order chi connectivity index (χ0) is 14.8. The molecule has 2 saturated heterocycles. The fourth-order valence-corrected chi connectivity index (χ4v) is 4.13. The quantitative estimate of drug-likeness (QED) is 0.926. The van der Waals surface area contributed by atoms with E-state index in [1.54, 1.807) is 6.33 Å². The van der Waals surface area contributed by atoms with E-state index in [0.29, 0.717) is 6.04 Å². The number of nitrogens with zero attached hydrogens (tertiary/aromatic N) is 3. The van der Waals surface area contributed by atoms with Crippen LogP contribution >= 0.6 is 0 Å². The molecule has 0 amide bonds. The molecule has 0 bridgehead atoms. The van der Waals surface area contributed by atoms with Crippen molar-refractivity contribution in [2.24, 2.45) is 0 Å². The van der Waals surface area contributed by atoms with E-state index in [9.17, 15) is 0 Å². The molecule has 1 aromatic heterocycles. The average Bonchev–Trinajstić information content (AvgIpc) is 3.05. The molecule has 120 valence electrons. The number of aromatic nitrogens is 2. The molecule has 1 aliphatic carbocycles. The fourth-order valence-electron chi connectivity index (χ4n) is 4.13. The van der Waals surface area contributed by atoms with Gasteiger partial charge in [-0.25, -0.2) is 9.97 Å². The van der Waals surface area contributed by atoms with Gasteiger partial charge in [0, 0.05) is 49.6 Å². The summed E-state index contributed by atoms with van der Waals surface area (Å²) >= 11 is 0. The first-order chi connectivity index (χ1) is 10.9. The van der Waals surface area contributed by atoms with Gasteiger partial charge < -0.3 is 10.1 Å². The summed E-state index contributed by atoms with van der Waals surface area (Å²) in [5.41, 5.74) is 2.64. The van der Waals surface area contributed by atoms with E-state index in [1.165, 1.54) is 49.9 Å². The number of hydrogen-bond acceptors (Lipinski definition) is 5. The SMILES string of the molecule is c1nc2c(c(NC3CCN(C4CCOCC4)C3)n1)CCCC2. The normalized spacial score (nSPS) is 26.8. The van der Waals surface area contributed by atoms with Crippen molar-refractivity contribution in [3.63, 3.8) is 0 Å². The van der Waals surface area contributed by atoms with Crippen molar-refractivity contribution in [3.8, 4) is 0 Å². The monoisotopic (exact) mass is 302 g/mol. The highest BCUT2D eigenvalue weighted by molar-refractivity contribution is 5.47. The molecule has 0 aromatic carbocycles. The van der Waals surface area contributed by atoms with Crippen molar-refractivity contribution in [2.45, 2.75) is 57.0 Å². The van der Waals surface area contributed by atoms with Crippen molar-refractivity contribution >= 4 is 5.82 Å². The van der Waals surface area contributed by atoms with Gasteiger partial charge in [-0.1, -0.05) is 0 Å². The highest BCUT2D eigenvalue weighted by Gasteiger charge is 2.30. The van der Waals surface area contributed by atoms with Gasteiger partial charge in [0.05, 0.1) is 0 Å². The molecule has 1 unspecified atom stereocenters. The van der Waals surface area contributed by atoms with Crippen LogP contribution in [-0.4, -0.2) is 53.3 Å². The number of hydrogen-bond donors (Lipinski definition) is 1. The van der Waals surface area contributed by atoms with Gasteiger partial charge >= 0.3 is 0 Å². The number of rotatable bonds is 3. The highest BCUT2D eigenvalue weighted by atomic mass is 16.5. The molecular formula is C17H26N4O. The first-order valence-electron chi connectivity index (χ1n) is 8.81. The van der Waals surface area contributed by atoms with Crippen LogP contribution in [0.4, 0.5) is 5.82 Å².